The van der Waals surface area contributed by atoms with E-state index in [9.17, 15) is 25.2 Å². The van der Waals surface area contributed by atoms with Crippen molar-refractivity contribution in [1.82, 2.24) is 0 Å². The third-order valence-corrected chi connectivity index (χ3v) is 4.63. The summed E-state index contributed by atoms with van der Waals surface area (Å²) in [5.41, 5.74) is 0. The van der Waals surface area contributed by atoms with Gasteiger partial charge >= 0.3 is 0 Å². The van der Waals surface area contributed by atoms with Crippen LogP contribution in [0.5, 0.6) is 0 Å². The second kappa shape index (κ2) is 15.5. The number of quaternary nitrogens is 1. The Bertz CT molecular complexity index is 431. The van der Waals surface area contributed by atoms with Crippen LogP contribution in [0.4, 0.5) is 0 Å². The molecule has 27 heavy (non-hydrogen) atoms. The lowest BCUT2D eigenvalue weighted by Crippen LogP contribution is -2.43. The number of carbonyl (C=O) groups is 1. The highest BCUT2D eigenvalue weighted by atomic mass is 16.4. The van der Waals surface area contributed by atoms with Gasteiger partial charge in [0.15, 0.2) is 0 Å². The van der Waals surface area contributed by atoms with Crippen molar-refractivity contribution in [1.29, 1.82) is 0 Å². The van der Waals surface area contributed by atoms with Crippen molar-refractivity contribution in [3.63, 3.8) is 0 Å². The van der Waals surface area contributed by atoms with Crippen LogP contribution in [0.1, 0.15) is 84.5 Å². The van der Waals surface area contributed by atoms with E-state index >= 15 is 0 Å². The first-order valence-electron chi connectivity index (χ1n) is 10.4. The number of hydrogen-bond acceptors (Lipinski definition) is 5. The smallest absolute Gasteiger partial charge is 0.146 e. The Balaban J connectivity index is 5.26. The summed E-state index contributed by atoms with van der Waals surface area (Å²) < 4.78 is -0.0935. The van der Waals surface area contributed by atoms with Crippen LogP contribution in [0, 0.1) is 0 Å². The number of hydrogen-bond donors (Lipinski definition) is 3. The molecule has 0 aromatic carbocycles. The van der Waals surface area contributed by atoms with Gasteiger partial charge in [-0.2, -0.15) is 0 Å². The number of unbranched alkanes of at least 4 members (excludes halogenated alkanes) is 6. The highest BCUT2D eigenvalue weighted by molar-refractivity contribution is 5.64. The molecule has 0 spiro atoms. The van der Waals surface area contributed by atoms with Gasteiger partial charge in [-0.15, -0.1) is 0 Å². The van der Waals surface area contributed by atoms with Gasteiger partial charge in [0.1, 0.15) is 30.5 Å². The van der Waals surface area contributed by atoms with Crippen molar-refractivity contribution in [2.24, 2.45) is 0 Å². The van der Waals surface area contributed by atoms with E-state index in [0.29, 0.717) is 12.8 Å². The Kier molecular flexibility index (Phi) is 14.6. The maximum Gasteiger partial charge on any atom is 0.146 e. The molecule has 0 heterocycles. The highest BCUT2D eigenvalue weighted by Gasteiger charge is 2.25. The van der Waals surface area contributed by atoms with Crippen molar-refractivity contribution >= 4 is 5.97 Å². The van der Waals surface area contributed by atoms with Crippen LogP contribution >= 0.6 is 0 Å². The van der Waals surface area contributed by atoms with Crippen LogP contribution in [0.2, 0.25) is 0 Å². The molecule has 158 valence electrons. The second-order valence-electron chi connectivity index (χ2n) is 7.26. The fourth-order valence-electron chi connectivity index (χ4n) is 3.08. The number of aliphatic hydroxyl groups excluding tert-OH is 3. The zero-order valence-electron chi connectivity index (χ0n) is 17.2. The molecule has 0 aliphatic rings. The van der Waals surface area contributed by atoms with E-state index in [1.165, 1.54) is 0 Å². The van der Waals surface area contributed by atoms with Crippen LogP contribution in [0.25, 0.3) is 0 Å². The van der Waals surface area contributed by atoms with Gasteiger partial charge in [-0.05, 0) is 12.8 Å². The van der Waals surface area contributed by atoms with E-state index in [1.807, 2.05) is 0 Å². The molecule has 0 saturated carbocycles. The fraction of sp³-hybridized carbons (Fsp3) is 0.762. The van der Waals surface area contributed by atoms with Crippen molar-refractivity contribution in [2.45, 2.75) is 84.5 Å². The molecule has 0 amide bonds. The molecular formula is C21H39NO5. The van der Waals surface area contributed by atoms with Gasteiger partial charge in [0.25, 0.3) is 0 Å². The van der Waals surface area contributed by atoms with Gasteiger partial charge < -0.3 is 25.2 Å². The molecule has 0 unspecified atom stereocenters. The number of allylic oxidation sites excluding steroid dienone is 2. The highest BCUT2D eigenvalue weighted by Crippen LogP contribution is 2.20. The molecule has 6 heteroatoms. The fourth-order valence-corrected chi connectivity index (χ4v) is 3.08. The number of nitrogens with zero attached hydrogens (tertiary/aromatic N) is 1. The summed E-state index contributed by atoms with van der Waals surface area (Å²) in [6.45, 7) is 4.35. The van der Waals surface area contributed by atoms with E-state index in [2.05, 4.69) is 13.8 Å². The molecule has 0 rings (SSSR count). The van der Waals surface area contributed by atoms with Crippen LogP contribution in [0.15, 0.2) is 23.9 Å². The van der Waals surface area contributed by atoms with Crippen molar-refractivity contribution in [2.75, 3.05) is 19.7 Å². The average molecular weight is 386 g/mol. The van der Waals surface area contributed by atoms with Crippen LogP contribution < -0.4 is 5.11 Å². The summed E-state index contributed by atoms with van der Waals surface area (Å²) in [6.07, 6.45) is 12.1. The lowest BCUT2D eigenvalue weighted by Gasteiger charge is -2.31. The normalized spacial score (nSPS) is 14.9. The van der Waals surface area contributed by atoms with E-state index in [0.717, 1.165) is 51.4 Å². The standard InChI is InChI=1S/C21H39NO5/c1-3-5-7-9-11-19(24)17-22(15-16-23,14-13-21(26)27)18-20(25)12-10-8-6-4-2/h17-18,23H,3-16H2,1-2H3,(H2-,24,25,26,27)/b19-17-,20-18-. The number of carbonyl (C=O) groups excluding carboxylic acids is 1. The van der Waals surface area contributed by atoms with Crippen LogP contribution in [-0.2, 0) is 4.79 Å². The summed E-state index contributed by atoms with van der Waals surface area (Å²) in [5, 5.41) is 41.1. The average Bonchev–Trinajstić information content (AvgIpc) is 2.61. The molecule has 0 aliphatic carbocycles. The molecule has 6 nitrogen and oxygen atoms in total. The molecule has 0 aliphatic heterocycles. The molecule has 3 N–H and O–H groups in total. The molecular weight excluding hydrogens is 346 g/mol. The van der Waals surface area contributed by atoms with Crippen molar-refractivity contribution < 1.29 is 29.7 Å². The molecule has 0 saturated heterocycles. The third-order valence-electron chi connectivity index (χ3n) is 4.63. The third kappa shape index (κ3) is 13.3. The zero-order chi connectivity index (χ0) is 20.5. The maximum atomic E-state index is 11.0. The van der Waals surface area contributed by atoms with E-state index in [1.54, 1.807) is 12.4 Å². The minimum absolute atomic E-state index is 0.0935. The van der Waals surface area contributed by atoms with Gasteiger partial charge in [0, 0.05) is 25.2 Å². The molecule has 0 aromatic rings. The lowest BCUT2D eigenvalue weighted by atomic mass is 10.1. The summed E-state index contributed by atoms with van der Waals surface area (Å²) >= 11 is 0. The van der Waals surface area contributed by atoms with Gasteiger partial charge in [0.2, 0.25) is 0 Å². The molecule has 0 aromatic heterocycles. The molecule has 0 bridgehead atoms. The summed E-state index contributed by atoms with van der Waals surface area (Å²) in [4.78, 5) is 11.0. The van der Waals surface area contributed by atoms with Crippen molar-refractivity contribution in [3.05, 3.63) is 23.9 Å². The minimum atomic E-state index is -1.19. The predicted octanol–water partition coefficient (Wildman–Crippen LogP) is 3.68. The molecule has 0 atom stereocenters. The molecule has 0 fully saturated rings. The maximum absolute atomic E-state index is 11.0. The van der Waals surface area contributed by atoms with Gasteiger partial charge in [-0.1, -0.05) is 52.4 Å². The Morgan fingerprint density at radius 2 is 1.30 bits per heavy atom. The summed E-state index contributed by atoms with van der Waals surface area (Å²) in [7, 11) is 0. The first-order valence-corrected chi connectivity index (χ1v) is 10.4. The van der Waals surface area contributed by atoms with Gasteiger partial charge in [-0.3, -0.25) is 4.48 Å². The minimum Gasteiger partial charge on any atom is -0.550 e. The Labute approximate surface area is 164 Å². The number of rotatable bonds is 17. The largest absolute Gasteiger partial charge is 0.550 e. The Morgan fingerprint density at radius 3 is 1.67 bits per heavy atom. The topological polar surface area (TPSA) is 101 Å². The Hall–Kier alpha value is -1.53. The van der Waals surface area contributed by atoms with Crippen molar-refractivity contribution in [3.8, 4) is 0 Å². The zero-order valence-corrected chi connectivity index (χ0v) is 17.2. The van der Waals surface area contributed by atoms with Gasteiger partial charge in [0.05, 0.1) is 13.2 Å². The monoisotopic (exact) mass is 385 g/mol. The Morgan fingerprint density at radius 1 is 0.815 bits per heavy atom. The first kappa shape index (κ1) is 25.5. The second-order valence-corrected chi connectivity index (χ2v) is 7.26. The quantitative estimate of drug-likeness (QED) is 0.201. The van der Waals surface area contributed by atoms with Crippen LogP contribution in [0.3, 0.4) is 0 Å². The molecule has 0 radical (unpaired) electrons. The number of aliphatic carboxylic acids is 1. The van der Waals surface area contributed by atoms with E-state index in [4.69, 9.17) is 0 Å². The first-order chi connectivity index (χ1) is 12.9. The SMILES string of the molecule is CCCCCC/C(O)=C/[N+](/C=C(\O)CCCCCC)(CCO)CCC(=O)[O-]. The van der Waals surface area contributed by atoms with Gasteiger partial charge in [-0.25, -0.2) is 0 Å². The number of carboxylic acid groups (broad SMARTS) is 1. The van der Waals surface area contributed by atoms with Crippen LogP contribution in [-0.4, -0.2) is 45.5 Å². The summed E-state index contributed by atoms with van der Waals surface area (Å²) in [6, 6.07) is 0. The van der Waals surface area contributed by atoms with E-state index < -0.39 is 5.97 Å². The van der Waals surface area contributed by atoms with E-state index in [-0.39, 0.29) is 42.1 Å². The summed E-state index contributed by atoms with van der Waals surface area (Å²) in [5.74, 6) is -0.872. The predicted molar refractivity (Wildman–Crippen MR) is 106 cm³/mol. The lowest BCUT2D eigenvalue weighted by molar-refractivity contribution is -0.830. The number of aliphatic hydroxyl groups is 3. The number of carboxylic acids is 1.